The molecule has 8 nitrogen and oxygen atoms in total. The van der Waals surface area contributed by atoms with Gasteiger partial charge in [0.2, 0.25) is 5.60 Å². The minimum atomic E-state index is -2.57. The number of hydrogen-bond donors (Lipinski definition) is 3. The third-order valence-corrected chi connectivity index (χ3v) is 1.60. The Morgan fingerprint density at radius 2 is 1.35 bits per heavy atom. The Kier molecular flexibility index (Phi) is 8.62. The molecule has 9 heteroatoms. The number of esters is 1. The number of rotatable bonds is 6. The molecular formula is C8H11KO8. The van der Waals surface area contributed by atoms with Crippen molar-refractivity contribution in [2.75, 3.05) is 0 Å². The van der Waals surface area contributed by atoms with Crippen LogP contribution in [0.1, 0.15) is 19.8 Å². The van der Waals surface area contributed by atoms with Crippen LogP contribution < -0.4 is 0 Å². The molecule has 0 heterocycles. The van der Waals surface area contributed by atoms with E-state index in [0.717, 1.165) is 6.92 Å². The topological polar surface area (TPSA) is 138 Å². The van der Waals surface area contributed by atoms with E-state index in [2.05, 4.69) is 4.74 Å². The van der Waals surface area contributed by atoms with Gasteiger partial charge in [-0.3, -0.25) is 14.4 Å². The van der Waals surface area contributed by atoms with Gasteiger partial charge in [0.05, 0.1) is 12.8 Å². The molecule has 0 fully saturated rings. The molecule has 0 aliphatic carbocycles. The van der Waals surface area contributed by atoms with Gasteiger partial charge in [-0.2, -0.15) is 0 Å². The quantitative estimate of drug-likeness (QED) is 0.400. The number of carboxylic acids is 3. The molecule has 0 rings (SSSR count). The summed E-state index contributed by atoms with van der Waals surface area (Å²) >= 11 is 0. The van der Waals surface area contributed by atoms with E-state index in [9.17, 15) is 19.2 Å². The Labute approximate surface area is 138 Å². The van der Waals surface area contributed by atoms with Crippen molar-refractivity contribution < 1.29 is 39.2 Å². The summed E-state index contributed by atoms with van der Waals surface area (Å²) in [4.78, 5) is 42.3. The zero-order valence-corrected chi connectivity index (χ0v) is 8.30. The predicted molar refractivity (Wildman–Crippen MR) is 53.8 cm³/mol. The second kappa shape index (κ2) is 7.77. The van der Waals surface area contributed by atoms with Gasteiger partial charge in [-0.1, -0.05) is 0 Å². The molecule has 3 N–H and O–H groups in total. The molecule has 0 radical (unpaired) electrons. The summed E-state index contributed by atoms with van der Waals surface area (Å²) in [6.07, 6.45) is -2.23. The molecule has 0 aromatic heterocycles. The van der Waals surface area contributed by atoms with Crippen LogP contribution in [0.2, 0.25) is 0 Å². The van der Waals surface area contributed by atoms with E-state index in [-0.39, 0.29) is 51.4 Å². The van der Waals surface area contributed by atoms with Gasteiger partial charge >= 0.3 is 75.3 Å². The first-order valence-corrected chi connectivity index (χ1v) is 4.06. The summed E-state index contributed by atoms with van der Waals surface area (Å²) in [5.74, 6) is -6.03. The van der Waals surface area contributed by atoms with Crippen LogP contribution >= 0.6 is 0 Å². The Morgan fingerprint density at radius 1 is 1.00 bits per heavy atom. The van der Waals surface area contributed by atoms with Gasteiger partial charge in [0.25, 0.3) is 0 Å². The fraction of sp³-hybridized carbons (Fsp3) is 0.500. The van der Waals surface area contributed by atoms with Gasteiger partial charge in [-0.05, 0) is 0 Å². The molecule has 0 amide bonds. The molecule has 0 aromatic rings. The van der Waals surface area contributed by atoms with Crippen LogP contribution in [-0.4, -0.2) is 96.2 Å². The maximum absolute atomic E-state index is 10.8. The number of carbonyl (C=O) groups excluding carboxylic acids is 1. The third kappa shape index (κ3) is 6.73. The standard InChI is InChI=1S/C8H10O8.K.H/c1-4(9)16-8(7(14)15,2-5(10)11)3-6(12)13;;/h2-3H2,1H3,(H,10,11)(H,12,13)(H,14,15);;. The third-order valence-electron chi connectivity index (χ3n) is 1.60. The van der Waals surface area contributed by atoms with Crippen molar-refractivity contribution in [1.82, 2.24) is 0 Å². The van der Waals surface area contributed by atoms with Crippen molar-refractivity contribution in [1.29, 1.82) is 0 Å². The van der Waals surface area contributed by atoms with Crippen molar-refractivity contribution in [3.05, 3.63) is 0 Å². The van der Waals surface area contributed by atoms with Crippen LogP contribution in [0.3, 0.4) is 0 Å². The van der Waals surface area contributed by atoms with E-state index in [1.165, 1.54) is 0 Å². The van der Waals surface area contributed by atoms with Crippen LogP contribution in [0.25, 0.3) is 0 Å². The average molecular weight is 274 g/mol. The molecule has 0 atom stereocenters. The molecule has 0 bridgehead atoms. The van der Waals surface area contributed by atoms with Crippen LogP contribution in [0.4, 0.5) is 0 Å². The van der Waals surface area contributed by atoms with Crippen LogP contribution in [0, 0.1) is 0 Å². The van der Waals surface area contributed by atoms with Gasteiger partial charge in [-0.25, -0.2) is 4.79 Å². The Balaban J connectivity index is 0. The van der Waals surface area contributed by atoms with Crippen molar-refractivity contribution in [3.8, 4) is 0 Å². The van der Waals surface area contributed by atoms with E-state index < -0.39 is 42.3 Å². The minimum absolute atomic E-state index is 0. The second-order valence-electron chi connectivity index (χ2n) is 3.03. The molecule has 0 unspecified atom stereocenters. The summed E-state index contributed by atoms with van der Waals surface area (Å²) in [7, 11) is 0. The summed E-state index contributed by atoms with van der Waals surface area (Å²) < 4.78 is 4.32. The maximum atomic E-state index is 10.8. The Hall–Kier alpha value is -0.484. The van der Waals surface area contributed by atoms with E-state index >= 15 is 0 Å². The molecule has 92 valence electrons. The zero-order chi connectivity index (χ0) is 12.9. The van der Waals surface area contributed by atoms with Crippen LogP contribution in [-0.2, 0) is 23.9 Å². The second-order valence-corrected chi connectivity index (χ2v) is 3.03. The van der Waals surface area contributed by atoms with Crippen LogP contribution in [0.5, 0.6) is 0 Å². The Bertz CT molecular complexity index is 296. The van der Waals surface area contributed by atoms with Gasteiger partial charge in [-0.15, -0.1) is 0 Å². The average Bonchev–Trinajstić information content (AvgIpc) is 1.98. The normalized spacial score (nSPS) is 9.94. The van der Waals surface area contributed by atoms with Crippen molar-refractivity contribution in [2.24, 2.45) is 0 Å². The number of ether oxygens (including phenoxy) is 1. The molecule has 0 aliphatic rings. The fourth-order valence-electron chi connectivity index (χ4n) is 1.09. The number of carbonyl (C=O) groups is 4. The van der Waals surface area contributed by atoms with E-state index in [0.29, 0.717) is 0 Å². The first-order valence-electron chi connectivity index (χ1n) is 4.06. The molecule has 0 spiro atoms. The summed E-state index contributed by atoms with van der Waals surface area (Å²) in [6, 6.07) is 0. The van der Waals surface area contributed by atoms with Gasteiger partial charge < -0.3 is 20.1 Å². The summed E-state index contributed by atoms with van der Waals surface area (Å²) in [6.45, 7) is 0.862. The zero-order valence-electron chi connectivity index (χ0n) is 8.30. The molecule has 0 aliphatic heterocycles. The van der Waals surface area contributed by atoms with Crippen molar-refractivity contribution in [3.63, 3.8) is 0 Å². The molecule has 0 saturated heterocycles. The molecule has 0 saturated carbocycles. The van der Waals surface area contributed by atoms with Gasteiger partial charge in [0.15, 0.2) is 0 Å². The van der Waals surface area contributed by atoms with E-state index in [1.807, 2.05) is 0 Å². The van der Waals surface area contributed by atoms with Gasteiger partial charge in [0, 0.05) is 6.92 Å². The van der Waals surface area contributed by atoms with Crippen molar-refractivity contribution in [2.45, 2.75) is 25.4 Å². The van der Waals surface area contributed by atoms with Crippen molar-refractivity contribution >= 4 is 75.3 Å². The van der Waals surface area contributed by atoms with Crippen LogP contribution in [0.15, 0.2) is 0 Å². The predicted octanol–water partition coefficient (Wildman–Crippen LogP) is -1.33. The molecule has 0 aromatic carbocycles. The first-order chi connectivity index (χ1) is 7.19. The fourth-order valence-corrected chi connectivity index (χ4v) is 1.09. The summed E-state index contributed by atoms with van der Waals surface area (Å²) in [5, 5.41) is 25.7. The van der Waals surface area contributed by atoms with E-state index in [1.54, 1.807) is 0 Å². The monoisotopic (exact) mass is 274 g/mol. The molecular weight excluding hydrogens is 263 g/mol. The van der Waals surface area contributed by atoms with Gasteiger partial charge in [0.1, 0.15) is 0 Å². The number of carboxylic acid groups (broad SMARTS) is 3. The summed E-state index contributed by atoms with van der Waals surface area (Å²) in [5.41, 5.74) is -2.57. The number of hydrogen-bond acceptors (Lipinski definition) is 5. The Morgan fingerprint density at radius 3 is 1.53 bits per heavy atom. The first kappa shape index (κ1) is 18.9. The number of aliphatic carboxylic acids is 3. The van der Waals surface area contributed by atoms with E-state index in [4.69, 9.17) is 15.3 Å². The molecule has 17 heavy (non-hydrogen) atoms. The SMILES string of the molecule is CC(=O)OC(CC(=O)O)(CC(=O)O)C(=O)O.[KH].